The molecule has 7 heteroatoms. The molecule has 0 heterocycles. The van der Waals surface area contributed by atoms with Crippen molar-refractivity contribution in [2.24, 2.45) is 0 Å². The van der Waals surface area contributed by atoms with Crippen LogP contribution < -0.4 is 10.6 Å². The SMILES string of the molecule is CS(=O)(=O)C=CC(Cc1ccc(CNC(=O)O)cc1)NC(c1ccccc1)(c1ccccc1)c1ccccc1. The number of sulfone groups is 1. The van der Waals surface area contributed by atoms with E-state index >= 15 is 0 Å². The van der Waals surface area contributed by atoms with Gasteiger partial charge < -0.3 is 10.4 Å². The van der Waals surface area contributed by atoms with E-state index in [-0.39, 0.29) is 12.6 Å². The van der Waals surface area contributed by atoms with Crippen LogP contribution in [0.25, 0.3) is 0 Å². The Kier molecular flexibility index (Phi) is 8.96. The maximum atomic E-state index is 12.2. The fourth-order valence-corrected chi connectivity index (χ4v) is 5.20. The molecule has 4 aromatic carbocycles. The number of benzene rings is 4. The van der Waals surface area contributed by atoms with E-state index in [4.69, 9.17) is 5.11 Å². The number of nitrogens with one attached hydrogen (secondary N) is 2. The summed E-state index contributed by atoms with van der Waals surface area (Å²) < 4.78 is 24.3. The van der Waals surface area contributed by atoms with Gasteiger partial charge in [-0.25, -0.2) is 13.2 Å². The first kappa shape index (κ1) is 27.8. The lowest BCUT2D eigenvalue weighted by Crippen LogP contribution is -2.50. The summed E-state index contributed by atoms with van der Waals surface area (Å²) in [6, 6.07) is 37.7. The Morgan fingerprint density at radius 1 is 0.769 bits per heavy atom. The van der Waals surface area contributed by atoms with E-state index in [1.54, 1.807) is 6.08 Å². The molecule has 4 rings (SSSR count). The molecule has 0 spiro atoms. The fourth-order valence-electron chi connectivity index (χ4n) is 4.72. The van der Waals surface area contributed by atoms with Crippen molar-refractivity contribution in [1.29, 1.82) is 0 Å². The first-order chi connectivity index (χ1) is 18.8. The Labute approximate surface area is 230 Å². The standard InChI is InChI=1S/C32H32N2O4S/c1-39(37,38)22-21-30(23-25-17-19-26(20-18-25)24-33-31(35)36)34-32(27-11-5-2-6-12-27,28-13-7-3-8-14-28)29-15-9-4-10-16-29/h2-22,30,33-34H,23-24H2,1H3,(H,35,36). The zero-order chi connectivity index (χ0) is 27.7. The summed E-state index contributed by atoms with van der Waals surface area (Å²) in [6.45, 7) is 0.213. The summed E-state index contributed by atoms with van der Waals surface area (Å²) in [5.41, 5.74) is 4.11. The molecule has 1 unspecified atom stereocenters. The molecule has 0 saturated heterocycles. The van der Waals surface area contributed by atoms with E-state index in [9.17, 15) is 13.2 Å². The van der Waals surface area contributed by atoms with Crippen molar-refractivity contribution >= 4 is 15.9 Å². The van der Waals surface area contributed by atoms with Crippen LogP contribution in [0.2, 0.25) is 0 Å². The van der Waals surface area contributed by atoms with Crippen molar-refractivity contribution in [3.63, 3.8) is 0 Å². The van der Waals surface area contributed by atoms with Crippen LogP contribution >= 0.6 is 0 Å². The highest BCUT2D eigenvalue weighted by molar-refractivity contribution is 7.93. The van der Waals surface area contributed by atoms with Gasteiger partial charge in [0, 0.05) is 24.3 Å². The second kappa shape index (κ2) is 12.6. The van der Waals surface area contributed by atoms with Crippen molar-refractivity contribution in [2.45, 2.75) is 24.5 Å². The third kappa shape index (κ3) is 7.44. The summed E-state index contributed by atoms with van der Waals surface area (Å²) in [7, 11) is -3.37. The number of hydrogen-bond donors (Lipinski definition) is 3. The van der Waals surface area contributed by atoms with E-state index in [2.05, 4.69) is 47.0 Å². The van der Waals surface area contributed by atoms with Gasteiger partial charge in [0.05, 0.1) is 5.54 Å². The molecule has 39 heavy (non-hydrogen) atoms. The van der Waals surface area contributed by atoms with Crippen LogP contribution in [0, 0.1) is 0 Å². The zero-order valence-electron chi connectivity index (χ0n) is 21.7. The van der Waals surface area contributed by atoms with E-state index < -0.39 is 21.5 Å². The number of carboxylic acid groups (broad SMARTS) is 1. The summed E-state index contributed by atoms with van der Waals surface area (Å²) in [6.07, 6.45) is 2.32. The van der Waals surface area contributed by atoms with Crippen molar-refractivity contribution in [1.82, 2.24) is 10.6 Å². The van der Waals surface area contributed by atoms with Gasteiger partial charge in [0.2, 0.25) is 0 Å². The van der Waals surface area contributed by atoms with Crippen LogP contribution in [0.5, 0.6) is 0 Å². The Hall–Kier alpha value is -4.20. The molecule has 0 bridgehead atoms. The Bertz CT molecular complexity index is 1390. The van der Waals surface area contributed by atoms with E-state index in [1.807, 2.05) is 78.9 Å². The summed E-state index contributed by atoms with van der Waals surface area (Å²) in [5, 5.41) is 16.4. The van der Waals surface area contributed by atoms with Gasteiger partial charge in [-0.2, -0.15) is 0 Å². The molecular formula is C32H32N2O4S. The molecule has 0 aliphatic heterocycles. The first-order valence-electron chi connectivity index (χ1n) is 12.6. The van der Waals surface area contributed by atoms with Crippen LogP contribution in [0.4, 0.5) is 4.79 Å². The van der Waals surface area contributed by atoms with Crippen LogP contribution in [-0.4, -0.2) is 31.9 Å². The average molecular weight is 541 g/mol. The number of carbonyl (C=O) groups is 1. The van der Waals surface area contributed by atoms with Gasteiger partial charge in [-0.3, -0.25) is 5.32 Å². The van der Waals surface area contributed by atoms with E-state index in [0.717, 1.165) is 27.8 Å². The Balaban J connectivity index is 1.80. The quantitative estimate of drug-likeness (QED) is 0.218. The van der Waals surface area contributed by atoms with Crippen LogP contribution in [0.15, 0.2) is 127 Å². The maximum absolute atomic E-state index is 12.2. The van der Waals surface area contributed by atoms with Crippen LogP contribution in [0.3, 0.4) is 0 Å². The topological polar surface area (TPSA) is 95.5 Å². The molecular weight excluding hydrogens is 508 g/mol. The second-order valence-electron chi connectivity index (χ2n) is 9.44. The lowest BCUT2D eigenvalue weighted by atomic mass is 9.76. The predicted octanol–water partition coefficient (Wildman–Crippen LogP) is 5.51. The molecule has 0 aliphatic rings. The van der Waals surface area contributed by atoms with Gasteiger partial charge in [-0.15, -0.1) is 0 Å². The van der Waals surface area contributed by atoms with Crippen molar-refractivity contribution < 1.29 is 18.3 Å². The number of amides is 1. The number of hydrogen-bond acceptors (Lipinski definition) is 4. The van der Waals surface area contributed by atoms with Crippen LogP contribution in [-0.2, 0) is 28.3 Å². The third-order valence-corrected chi connectivity index (χ3v) is 7.15. The van der Waals surface area contributed by atoms with Gasteiger partial charge >= 0.3 is 6.09 Å². The Morgan fingerprint density at radius 3 is 1.62 bits per heavy atom. The minimum Gasteiger partial charge on any atom is -0.465 e. The Morgan fingerprint density at radius 2 is 1.21 bits per heavy atom. The molecule has 200 valence electrons. The largest absolute Gasteiger partial charge is 0.465 e. The third-order valence-electron chi connectivity index (χ3n) is 6.50. The minimum atomic E-state index is -3.37. The summed E-state index contributed by atoms with van der Waals surface area (Å²) in [5.74, 6) is 0. The minimum absolute atomic E-state index is 0.213. The van der Waals surface area contributed by atoms with Gasteiger partial charge in [0.25, 0.3) is 0 Å². The molecule has 0 aromatic heterocycles. The molecule has 1 amide bonds. The average Bonchev–Trinajstić information content (AvgIpc) is 2.95. The normalized spacial score (nSPS) is 12.7. The highest BCUT2D eigenvalue weighted by Crippen LogP contribution is 2.37. The predicted molar refractivity (Wildman–Crippen MR) is 155 cm³/mol. The molecule has 4 aromatic rings. The van der Waals surface area contributed by atoms with Gasteiger partial charge in [-0.05, 0) is 34.2 Å². The molecule has 3 N–H and O–H groups in total. The van der Waals surface area contributed by atoms with E-state index in [0.29, 0.717) is 6.42 Å². The van der Waals surface area contributed by atoms with E-state index in [1.165, 1.54) is 11.7 Å². The zero-order valence-corrected chi connectivity index (χ0v) is 22.5. The molecule has 0 fully saturated rings. The first-order valence-corrected chi connectivity index (χ1v) is 14.6. The van der Waals surface area contributed by atoms with Gasteiger partial charge in [0.15, 0.2) is 9.84 Å². The fraction of sp³-hybridized carbons (Fsp3) is 0.156. The molecule has 0 saturated carbocycles. The van der Waals surface area contributed by atoms with Crippen molar-refractivity contribution in [2.75, 3.05) is 6.26 Å². The smallest absolute Gasteiger partial charge is 0.404 e. The maximum Gasteiger partial charge on any atom is 0.404 e. The lowest BCUT2D eigenvalue weighted by molar-refractivity contribution is 0.194. The number of rotatable bonds is 11. The van der Waals surface area contributed by atoms with Gasteiger partial charge in [-0.1, -0.05) is 121 Å². The van der Waals surface area contributed by atoms with Crippen molar-refractivity contribution in [3.05, 3.63) is 155 Å². The molecule has 0 aliphatic carbocycles. The van der Waals surface area contributed by atoms with Crippen molar-refractivity contribution in [3.8, 4) is 0 Å². The summed E-state index contributed by atoms with van der Waals surface area (Å²) in [4.78, 5) is 10.8. The second-order valence-corrected chi connectivity index (χ2v) is 11.4. The van der Waals surface area contributed by atoms with Gasteiger partial charge in [0.1, 0.15) is 0 Å². The highest BCUT2D eigenvalue weighted by Gasteiger charge is 2.37. The lowest BCUT2D eigenvalue weighted by Gasteiger charge is -2.39. The monoisotopic (exact) mass is 540 g/mol. The molecule has 0 radical (unpaired) electrons. The molecule has 6 nitrogen and oxygen atoms in total. The van der Waals surface area contributed by atoms with Crippen LogP contribution in [0.1, 0.15) is 27.8 Å². The highest BCUT2D eigenvalue weighted by atomic mass is 32.2. The summed E-state index contributed by atoms with van der Waals surface area (Å²) >= 11 is 0. The molecule has 1 atom stereocenters.